The highest BCUT2D eigenvalue weighted by molar-refractivity contribution is 6.32. The molecule has 1 N–H and O–H groups in total. The number of hydrogen-bond donors (Lipinski definition) is 1. The van der Waals surface area contributed by atoms with Crippen molar-refractivity contribution in [1.82, 2.24) is 14.8 Å². The quantitative estimate of drug-likeness (QED) is 0.868. The molecule has 1 aromatic heterocycles. The zero-order chi connectivity index (χ0) is 18.5. The maximum Gasteiger partial charge on any atom is 0.255 e. The topological polar surface area (TPSA) is 63.6 Å². The lowest BCUT2D eigenvalue weighted by Crippen LogP contribution is -2.51. The number of amides is 1. The molecule has 1 aliphatic rings. The number of nitrogens with zero attached hydrogens (tertiary/aromatic N) is 2. The van der Waals surface area contributed by atoms with Gasteiger partial charge in [0.05, 0.1) is 17.1 Å². The van der Waals surface area contributed by atoms with Crippen LogP contribution in [-0.2, 0) is 6.54 Å². The first-order valence-electron chi connectivity index (χ1n) is 8.65. The van der Waals surface area contributed by atoms with Gasteiger partial charge in [0.15, 0.2) is 0 Å². The second kappa shape index (κ2) is 8.38. The molecule has 1 aliphatic heterocycles. The molecule has 1 aromatic carbocycles. The van der Waals surface area contributed by atoms with E-state index in [0.29, 0.717) is 36.0 Å². The summed E-state index contributed by atoms with van der Waals surface area (Å²) in [5, 5.41) is 3.83. The van der Waals surface area contributed by atoms with Gasteiger partial charge in [-0.1, -0.05) is 23.7 Å². The molecule has 6 nitrogen and oxygen atoms in total. The summed E-state index contributed by atoms with van der Waals surface area (Å²) in [4.78, 5) is 26.6. The Morgan fingerprint density at radius 2 is 2.12 bits per heavy atom. The average molecular weight is 376 g/mol. The lowest BCUT2D eigenvalue weighted by Gasteiger charge is -2.32. The Bertz CT molecular complexity index is 837. The van der Waals surface area contributed by atoms with Crippen LogP contribution < -0.4 is 15.6 Å². The van der Waals surface area contributed by atoms with E-state index in [1.54, 1.807) is 24.4 Å². The molecule has 3 rings (SSSR count). The third-order valence-electron chi connectivity index (χ3n) is 4.31. The predicted molar refractivity (Wildman–Crippen MR) is 101 cm³/mol. The number of aromatic nitrogens is 1. The van der Waals surface area contributed by atoms with E-state index >= 15 is 0 Å². The summed E-state index contributed by atoms with van der Waals surface area (Å²) in [6, 6.07) is 10.5. The summed E-state index contributed by atoms with van der Waals surface area (Å²) in [5.41, 5.74) is 0.342. The van der Waals surface area contributed by atoms with Crippen molar-refractivity contribution < 1.29 is 9.53 Å². The largest absolute Gasteiger partial charge is 0.490 e. The van der Waals surface area contributed by atoms with Crippen LogP contribution in [0.25, 0.3) is 0 Å². The number of benzene rings is 1. The van der Waals surface area contributed by atoms with Gasteiger partial charge < -0.3 is 19.5 Å². The molecule has 0 saturated carbocycles. The number of ether oxygens (including phenoxy) is 1. The van der Waals surface area contributed by atoms with E-state index in [-0.39, 0.29) is 24.1 Å². The highest BCUT2D eigenvalue weighted by Gasteiger charge is 2.22. The molecule has 2 aromatic rings. The van der Waals surface area contributed by atoms with E-state index in [2.05, 4.69) is 5.32 Å². The third-order valence-corrected chi connectivity index (χ3v) is 4.63. The Morgan fingerprint density at radius 1 is 1.31 bits per heavy atom. The van der Waals surface area contributed by atoms with Gasteiger partial charge in [0.2, 0.25) is 0 Å². The number of carbonyl (C=O) groups is 1. The minimum Gasteiger partial charge on any atom is -0.490 e. The number of piperazine rings is 1. The molecular formula is C19H22ClN3O3. The first-order valence-corrected chi connectivity index (χ1v) is 9.03. The number of para-hydroxylation sites is 1. The third kappa shape index (κ3) is 4.45. The van der Waals surface area contributed by atoms with Gasteiger partial charge in [0.25, 0.3) is 11.5 Å². The Kier molecular flexibility index (Phi) is 5.96. The molecule has 26 heavy (non-hydrogen) atoms. The van der Waals surface area contributed by atoms with E-state index in [1.165, 1.54) is 10.6 Å². The first kappa shape index (κ1) is 18.5. The molecule has 1 saturated heterocycles. The van der Waals surface area contributed by atoms with Crippen molar-refractivity contribution in [3.63, 3.8) is 0 Å². The summed E-state index contributed by atoms with van der Waals surface area (Å²) in [6.45, 7) is 4.77. The predicted octanol–water partition coefficient (Wildman–Crippen LogP) is 2.01. The molecule has 0 bridgehead atoms. The Balaban J connectivity index is 1.66. The summed E-state index contributed by atoms with van der Waals surface area (Å²) in [6.07, 6.45) is 1.60. The van der Waals surface area contributed by atoms with Crippen molar-refractivity contribution in [3.05, 3.63) is 63.5 Å². The Morgan fingerprint density at radius 3 is 2.88 bits per heavy atom. The fourth-order valence-corrected chi connectivity index (χ4v) is 3.14. The fourth-order valence-electron chi connectivity index (χ4n) is 2.95. The van der Waals surface area contributed by atoms with Crippen LogP contribution in [0.2, 0.25) is 5.02 Å². The van der Waals surface area contributed by atoms with Gasteiger partial charge in [-0.2, -0.15) is 0 Å². The van der Waals surface area contributed by atoms with Crippen LogP contribution in [-0.4, -0.2) is 47.7 Å². The molecule has 0 aliphatic carbocycles. The number of rotatable bonds is 5. The summed E-state index contributed by atoms with van der Waals surface area (Å²) in [5.74, 6) is 0.517. The number of carbonyl (C=O) groups excluding carboxylic acids is 1. The van der Waals surface area contributed by atoms with E-state index in [4.69, 9.17) is 16.3 Å². The van der Waals surface area contributed by atoms with Gasteiger partial charge in [-0.3, -0.25) is 9.59 Å². The van der Waals surface area contributed by atoms with Gasteiger partial charge in [-0.15, -0.1) is 0 Å². The van der Waals surface area contributed by atoms with Crippen LogP contribution in [0.3, 0.4) is 0 Å². The summed E-state index contributed by atoms with van der Waals surface area (Å²) >= 11 is 6.05. The fraction of sp³-hybridized carbons (Fsp3) is 0.368. The van der Waals surface area contributed by atoms with Gasteiger partial charge in [-0.25, -0.2) is 0 Å². The minimum absolute atomic E-state index is 0.0564. The second-order valence-electron chi connectivity index (χ2n) is 6.33. The monoisotopic (exact) mass is 375 g/mol. The van der Waals surface area contributed by atoms with Crippen molar-refractivity contribution >= 4 is 17.5 Å². The van der Waals surface area contributed by atoms with Crippen LogP contribution in [0.1, 0.15) is 17.3 Å². The molecular weight excluding hydrogens is 354 g/mol. The normalized spacial score (nSPS) is 17.2. The first-order chi connectivity index (χ1) is 12.5. The standard InChI is InChI=1S/C19H22ClN3O3/c1-14-12-23(9-8-21-14)19(25)15-6-7-18(24)22(13-15)10-11-26-17-5-3-2-4-16(17)20/h2-7,13-14,21H,8-12H2,1H3/t14-/m0/s1. The van der Waals surface area contributed by atoms with Crippen molar-refractivity contribution in [1.29, 1.82) is 0 Å². The molecule has 0 spiro atoms. The molecule has 1 fully saturated rings. The smallest absolute Gasteiger partial charge is 0.255 e. The number of hydrogen-bond acceptors (Lipinski definition) is 4. The molecule has 1 amide bonds. The molecule has 1 atom stereocenters. The molecule has 2 heterocycles. The van der Waals surface area contributed by atoms with Gasteiger partial charge in [0.1, 0.15) is 12.4 Å². The molecule has 0 radical (unpaired) electrons. The van der Waals surface area contributed by atoms with E-state index in [9.17, 15) is 9.59 Å². The Hall–Kier alpha value is -2.31. The summed E-state index contributed by atoms with van der Waals surface area (Å²) in [7, 11) is 0. The maximum absolute atomic E-state index is 12.7. The van der Waals surface area contributed by atoms with Crippen molar-refractivity contribution in [2.45, 2.75) is 19.5 Å². The van der Waals surface area contributed by atoms with Crippen molar-refractivity contribution in [2.24, 2.45) is 0 Å². The SMILES string of the molecule is C[C@H]1CN(C(=O)c2ccc(=O)n(CCOc3ccccc3Cl)c2)CCN1. The van der Waals surface area contributed by atoms with Crippen LogP contribution in [0.15, 0.2) is 47.4 Å². The lowest BCUT2D eigenvalue weighted by atomic mass is 10.2. The van der Waals surface area contributed by atoms with Crippen LogP contribution in [0.4, 0.5) is 0 Å². The molecule has 0 unspecified atom stereocenters. The average Bonchev–Trinajstić information content (AvgIpc) is 2.64. The van der Waals surface area contributed by atoms with Crippen LogP contribution in [0.5, 0.6) is 5.75 Å². The number of nitrogens with one attached hydrogen (secondary N) is 1. The summed E-state index contributed by atoms with van der Waals surface area (Å²) < 4.78 is 7.13. The number of halogens is 1. The zero-order valence-corrected chi connectivity index (χ0v) is 15.4. The zero-order valence-electron chi connectivity index (χ0n) is 14.7. The van der Waals surface area contributed by atoms with Crippen LogP contribution >= 0.6 is 11.6 Å². The highest BCUT2D eigenvalue weighted by atomic mass is 35.5. The number of pyridine rings is 1. The van der Waals surface area contributed by atoms with Crippen molar-refractivity contribution in [3.8, 4) is 5.75 Å². The van der Waals surface area contributed by atoms with Crippen molar-refractivity contribution in [2.75, 3.05) is 26.2 Å². The molecule has 138 valence electrons. The van der Waals surface area contributed by atoms with E-state index in [0.717, 1.165) is 6.54 Å². The second-order valence-corrected chi connectivity index (χ2v) is 6.74. The van der Waals surface area contributed by atoms with E-state index in [1.807, 2.05) is 24.0 Å². The van der Waals surface area contributed by atoms with Gasteiger partial charge in [0, 0.05) is 37.9 Å². The van der Waals surface area contributed by atoms with Gasteiger partial charge in [-0.05, 0) is 25.1 Å². The Labute approximate surface area is 157 Å². The highest BCUT2D eigenvalue weighted by Crippen LogP contribution is 2.22. The minimum atomic E-state index is -0.169. The molecule has 7 heteroatoms. The van der Waals surface area contributed by atoms with Gasteiger partial charge >= 0.3 is 0 Å². The lowest BCUT2D eigenvalue weighted by molar-refractivity contribution is 0.0708. The van der Waals surface area contributed by atoms with E-state index < -0.39 is 0 Å². The van der Waals surface area contributed by atoms with Crippen LogP contribution in [0, 0.1) is 0 Å². The maximum atomic E-state index is 12.7.